The molecular weight excluding hydrogens is 486 g/mol. The van der Waals surface area contributed by atoms with Gasteiger partial charge in [-0.15, -0.1) is 11.3 Å². The molecule has 7 heteroatoms. The van der Waals surface area contributed by atoms with Crippen LogP contribution in [0.3, 0.4) is 0 Å². The summed E-state index contributed by atoms with van der Waals surface area (Å²) in [5.74, 6) is 0.874. The minimum Gasteiger partial charge on any atom is -0.508 e. The molecule has 4 aromatic rings. The molecule has 37 heavy (non-hydrogen) atoms. The highest BCUT2D eigenvalue weighted by Gasteiger charge is 2.25. The molecule has 0 spiro atoms. The number of ketones is 1. The fourth-order valence-corrected chi connectivity index (χ4v) is 5.81. The quantitative estimate of drug-likeness (QED) is 0.208. The van der Waals surface area contributed by atoms with Crippen molar-refractivity contribution in [2.24, 2.45) is 0 Å². The molecule has 0 aliphatic heterocycles. The van der Waals surface area contributed by atoms with Crippen molar-refractivity contribution in [3.63, 3.8) is 0 Å². The number of carbonyl (C=O) groups is 1. The molecule has 0 amide bonds. The normalized spacial score (nSPS) is 11.8. The van der Waals surface area contributed by atoms with Gasteiger partial charge in [0.2, 0.25) is 0 Å². The maximum atomic E-state index is 13.7. The molecule has 0 unspecified atom stereocenters. The van der Waals surface area contributed by atoms with E-state index in [0.717, 1.165) is 33.6 Å². The lowest BCUT2D eigenvalue weighted by Crippen LogP contribution is -2.46. The maximum absolute atomic E-state index is 13.7. The molecule has 0 saturated heterocycles. The van der Waals surface area contributed by atoms with E-state index in [0.29, 0.717) is 29.9 Å². The van der Waals surface area contributed by atoms with Crippen molar-refractivity contribution in [1.29, 1.82) is 0 Å². The summed E-state index contributed by atoms with van der Waals surface area (Å²) >= 11 is 1.44. The highest BCUT2D eigenvalue weighted by Crippen LogP contribution is 2.41. The van der Waals surface area contributed by atoms with E-state index in [9.17, 15) is 20.1 Å². The first kappa shape index (κ1) is 26.7. The summed E-state index contributed by atoms with van der Waals surface area (Å²) in [5, 5.41) is 29.8. The van der Waals surface area contributed by atoms with E-state index in [1.807, 2.05) is 12.1 Å². The van der Waals surface area contributed by atoms with E-state index in [1.165, 1.54) is 11.3 Å². The van der Waals surface area contributed by atoms with Crippen molar-refractivity contribution in [3.8, 4) is 27.7 Å². The van der Waals surface area contributed by atoms with E-state index >= 15 is 0 Å². The lowest BCUT2D eigenvalue weighted by molar-refractivity contribution is 0.0796. The van der Waals surface area contributed by atoms with Gasteiger partial charge in [0.15, 0.2) is 5.78 Å². The van der Waals surface area contributed by atoms with Crippen molar-refractivity contribution in [1.82, 2.24) is 4.90 Å². The molecule has 0 aliphatic carbocycles. The maximum Gasteiger partial charge on any atom is 0.195 e. The van der Waals surface area contributed by atoms with Crippen LogP contribution >= 0.6 is 11.3 Å². The Morgan fingerprint density at radius 1 is 0.973 bits per heavy atom. The predicted octanol–water partition coefficient (Wildman–Crippen LogP) is 6.07. The number of thiophene rings is 1. The number of phenols is 2. The van der Waals surface area contributed by atoms with Crippen LogP contribution in [0.4, 0.5) is 0 Å². The molecule has 1 heterocycles. The van der Waals surface area contributed by atoms with Crippen LogP contribution in [-0.4, -0.2) is 57.8 Å². The van der Waals surface area contributed by atoms with Gasteiger partial charge in [0.1, 0.15) is 23.9 Å². The van der Waals surface area contributed by atoms with Gasteiger partial charge in [-0.2, -0.15) is 0 Å². The lowest BCUT2D eigenvalue weighted by atomic mass is 9.97. The molecule has 0 radical (unpaired) electrons. The standard InChI is InChI=1S/C30H33NO5S/c1-4-31(30(2,3)15-17-32)16-18-36-24-12-7-20(8-13-24)28(35)27-25-14-11-23(34)19-26(25)37-29(27)21-5-9-22(33)10-6-21/h5-14,19,32-34H,4,15-18H2,1-3H3. The molecule has 0 fully saturated rings. The number of benzene rings is 3. The molecule has 4 rings (SSSR count). The Morgan fingerprint density at radius 3 is 2.30 bits per heavy atom. The average Bonchev–Trinajstić information content (AvgIpc) is 3.25. The third-order valence-electron chi connectivity index (χ3n) is 6.74. The second-order valence-electron chi connectivity index (χ2n) is 9.60. The van der Waals surface area contributed by atoms with Gasteiger partial charge in [-0.1, -0.05) is 6.92 Å². The van der Waals surface area contributed by atoms with Crippen LogP contribution in [0.1, 0.15) is 43.1 Å². The van der Waals surface area contributed by atoms with E-state index in [-0.39, 0.29) is 29.4 Å². The number of hydrogen-bond acceptors (Lipinski definition) is 7. The summed E-state index contributed by atoms with van der Waals surface area (Å²) in [6.07, 6.45) is 0.695. The molecule has 0 bridgehead atoms. The number of hydrogen-bond donors (Lipinski definition) is 3. The van der Waals surface area contributed by atoms with Crippen molar-refractivity contribution in [3.05, 3.63) is 77.9 Å². The molecule has 1 aromatic heterocycles. The zero-order valence-corrected chi connectivity index (χ0v) is 22.2. The van der Waals surface area contributed by atoms with Crippen LogP contribution in [0.25, 0.3) is 20.5 Å². The molecule has 0 saturated carbocycles. The second-order valence-corrected chi connectivity index (χ2v) is 10.7. The first-order valence-corrected chi connectivity index (χ1v) is 13.2. The topological polar surface area (TPSA) is 90.2 Å². The summed E-state index contributed by atoms with van der Waals surface area (Å²) < 4.78 is 6.78. The van der Waals surface area contributed by atoms with E-state index in [2.05, 4.69) is 25.7 Å². The number of aliphatic hydroxyl groups excluding tert-OH is 1. The summed E-state index contributed by atoms with van der Waals surface area (Å²) in [5.41, 5.74) is 1.83. The molecule has 6 nitrogen and oxygen atoms in total. The number of carbonyl (C=O) groups excluding carboxylic acids is 1. The van der Waals surface area contributed by atoms with E-state index < -0.39 is 0 Å². The van der Waals surface area contributed by atoms with Crippen LogP contribution < -0.4 is 4.74 Å². The van der Waals surface area contributed by atoms with Gasteiger partial charge in [0, 0.05) is 44.8 Å². The van der Waals surface area contributed by atoms with Gasteiger partial charge in [-0.25, -0.2) is 0 Å². The Hall–Kier alpha value is -3.39. The van der Waals surface area contributed by atoms with Crippen LogP contribution in [0.15, 0.2) is 66.7 Å². The molecular formula is C30H33NO5S. The molecule has 3 N–H and O–H groups in total. The fourth-order valence-electron chi connectivity index (χ4n) is 4.57. The summed E-state index contributed by atoms with van der Waals surface area (Å²) in [7, 11) is 0. The zero-order chi connectivity index (χ0) is 26.6. The van der Waals surface area contributed by atoms with E-state index in [4.69, 9.17) is 4.74 Å². The monoisotopic (exact) mass is 519 g/mol. The largest absolute Gasteiger partial charge is 0.508 e. The van der Waals surface area contributed by atoms with Crippen molar-refractivity contribution < 1.29 is 24.9 Å². The highest BCUT2D eigenvalue weighted by molar-refractivity contribution is 7.22. The van der Waals surface area contributed by atoms with E-state index in [1.54, 1.807) is 54.6 Å². The van der Waals surface area contributed by atoms with Crippen molar-refractivity contribution >= 4 is 27.2 Å². The molecule has 3 aromatic carbocycles. The molecule has 0 aliphatic rings. The SMILES string of the molecule is CCN(CCOc1ccc(C(=O)c2c(-c3ccc(O)cc3)sc3cc(O)ccc23)cc1)C(C)(C)CCO. The number of nitrogens with zero attached hydrogens (tertiary/aromatic N) is 1. The fraction of sp³-hybridized carbons (Fsp3) is 0.300. The van der Waals surface area contributed by atoms with Gasteiger partial charge >= 0.3 is 0 Å². The van der Waals surface area contributed by atoms with Crippen LogP contribution in [-0.2, 0) is 0 Å². The Kier molecular flexibility index (Phi) is 8.17. The predicted molar refractivity (Wildman–Crippen MR) is 149 cm³/mol. The average molecular weight is 520 g/mol. The summed E-state index contributed by atoms with van der Waals surface area (Å²) in [6.45, 7) is 8.58. The van der Waals surface area contributed by atoms with Gasteiger partial charge < -0.3 is 20.1 Å². The van der Waals surface area contributed by atoms with Crippen LogP contribution in [0.2, 0.25) is 0 Å². The number of aromatic hydroxyl groups is 2. The van der Waals surface area contributed by atoms with Crippen molar-refractivity contribution in [2.75, 3.05) is 26.3 Å². The Labute approximate surface area is 221 Å². The number of ether oxygens (including phenoxy) is 1. The summed E-state index contributed by atoms with van der Waals surface area (Å²) in [6, 6.07) is 19.0. The summed E-state index contributed by atoms with van der Waals surface area (Å²) in [4.78, 5) is 16.8. The minimum atomic E-state index is -0.116. The molecule has 0 atom stereocenters. The van der Waals surface area contributed by atoms with Gasteiger partial charge in [0.05, 0.1) is 0 Å². The number of likely N-dealkylation sites (N-methyl/N-ethyl adjacent to an activating group) is 1. The third kappa shape index (κ3) is 5.96. The van der Waals surface area contributed by atoms with Gasteiger partial charge in [-0.05, 0) is 99.1 Å². The second kappa shape index (κ2) is 11.3. The highest BCUT2D eigenvalue weighted by atomic mass is 32.1. The minimum absolute atomic E-state index is 0.113. The van der Waals surface area contributed by atoms with Gasteiger partial charge in [0.25, 0.3) is 0 Å². The smallest absolute Gasteiger partial charge is 0.195 e. The van der Waals surface area contributed by atoms with Crippen molar-refractivity contribution in [2.45, 2.75) is 32.7 Å². The lowest BCUT2D eigenvalue weighted by Gasteiger charge is -2.37. The first-order valence-electron chi connectivity index (χ1n) is 12.4. The number of aliphatic hydroxyl groups is 1. The molecule has 194 valence electrons. The van der Waals surface area contributed by atoms with Gasteiger partial charge in [-0.3, -0.25) is 9.69 Å². The zero-order valence-electron chi connectivity index (χ0n) is 21.4. The Bertz CT molecular complexity index is 1360. The number of rotatable bonds is 11. The first-order chi connectivity index (χ1) is 17.7. The van der Waals surface area contributed by atoms with Crippen LogP contribution in [0.5, 0.6) is 17.2 Å². The third-order valence-corrected chi connectivity index (χ3v) is 7.94. The number of phenolic OH excluding ortho intramolecular Hbond substituents is 2. The Morgan fingerprint density at radius 2 is 1.65 bits per heavy atom. The Balaban J connectivity index is 1.55. The van der Waals surface area contributed by atoms with Crippen LogP contribution in [0, 0.1) is 0 Å². The number of fused-ring (bicyclic) bond motifs is 1.